The van der Waals surface area contributed by atoms with E-state index in [0.29, 0.717) is 29.2 Å². The summed E-state index contributed by atoms with van der Waals surface area (Å²) in [5, 5.41) is 9.90. The van der Waals surface area contributed by atoms with Crippen LogP contribution >= 0.6 is 11.6 Å². The fraction of sp³-hybridized carbons (Fsp3) is 0.500. The molecule has 1 aromatic rings. The van der Waals surface area contributed by atoms with Crippen LogP contribution in [0.1, 0.15) is 31.7 Å². The summed E-state index contributed by atoms with van der Waals surface area (Å²) >= 11 is 6.06. The maximum atomic E-state index is 9.23. The number of benzene rings is 1. The van der Waals surface area contributed by atoms with Gasteiger partial charge in [-0.05, 0) is 44.4 Å². The van der Waals surface area contributed by atoms with Gasteiger partial charge in [-0.15, -0.1) is 0 Å². The molecule has 1 fully saturated rings. The van der Waals surface area contributed by atoms with Gasteiger partial charge in [0.15, 0.2) is 0 Å². The van der Waals surface area contributed by atoms with Crippen molar-refractivity contribution in [2.24, 2.45) is 5.73 Å². The second-order valence-electron chi connectivity index (χ2n) is 4.85. The van der Waals surface area contributed by atoms with Gasteiger partial charge in [0.2, 0.25) is 0 Å². The molecular weight excluding hydrogens is 246 g/mol. The molecule has 0 aliphatic carbocycles. The minimum Gasteiger partial charge on any atom is -0.363 e. The molecule has 96 valence electrons. The van der Waals surface area contributed by atoms with E-state index < -0.39 is 0 Å². The summed E-state index contributed by atoms with van der Waals surface area (Å²) in [6.07, 6.45) is 3.41. The molecule has 2 rings (SSSR count). The lowest BCUT2D eigenvalue weighted by Gasteiger charge is -2.42. The highest BCUT2D eigenvalue weighted by molar-refractivity contribution is 6.30. The zero-order valence-electron chi connectivity index (χ0n) is 10.6. The Balaban J connectivity index is 2.44. The van der Waals surface area contributed by atoms with Crippen molar-refractivity contribution in [1.29, 1.82) is 5.26 Å². The molecule has 1 heterocycles. The van der Waals surface area contributed by atoms with Gasteiger partial charge in [0, 0.05) is 23.7 Å². The van der Waals surface area contributed by atoms with Gasteiger partial charge in [-0.1, -0.05) is 11.6 Å². The first kappa shape index (κ1) is 13.2. The van der Waals surface area contributed by atoms with Gasteiger partial charge in [-0.3, -0.25) is 0 Å². The zero-order valence-corrected chi connectivity index (χ0v) is 11.3. The van der Waals surface area contributed by atoms with Crippen molar-refractivity contribution in [3.63, 3.8) is 0 Å². The first-order chi connectivity index (χ1) is 8.67. The summed E-state index contributed by atoms with van der Waals surface area (Å²) in [7, 11) is 0. The minimum atomic E-state index is 0.305. The Hall–Kier alpha value is -1.24. The van der Waals surface area contributed by atoms with Crippen molar-refractivity contribution in [1.82, 2.24) is 0 Å². The summed E-state index contributed by atoms with van der Waals surface area (Å²) in [6.45, 7) is 2.80. The lowest BCUT2D eigenvalue weighted by Crippen LogP contribution is -2.49. The van der Waals surface area contributed by atoms with E-state index in [9.17, 15) is 5.26 Å². The second-order valence-corrected chi connectivity index (χ2v) is 5.29. The van der Waals surface area contributed by atoms with Crippen molar-refractivity contribution < 1.29 is 0 Å². The summed E-state index contributed by atoms with van der Waals surface area (Å²) in [5.41, 5.74) is 7.46. The van der Waals surface area contributed by atoms with Crippen LogP contribution in [0.5, 0.6) is 0 Å². The summed E-state index contributed by atoms with van der Waals surface area (Å²) in [4.78, 5) is 2.27. The molecule has 1 saturated heterocycles. The van der Waals surface area contributed by atoms with Crippen molar-refractivity contribution >= 4 is 17.3 Å². The molecule has 4 heteroatoms. The molecule has 18 heavy (non-hydrogen) atoms. The third kappa shape index (κ3) is 2.45. The van der Waals surface area contributed by atoms with E-state index in [1.54, 1.807) is 12.1 Å². The lowest BCUT2D eigenvalue weighted by molar-refractivity contribution is 0.400. The smallest absolute Gasteiger partial charge is 0.101 e. The molecule has 2 atom stereocenters. The summed E-state index contributed by atoms with van der Waals surface area (Å²) < 4.78 is 0. The predicted molar refractivity (Wildman–Crippen MR) is 74.8 cm³/mol. The Morgan fingerprint density at radius 2 is 2.28 bits per heavy atom. The molecule has 0 radical (unpaired) electrons. The molecule has 1 aromatic carbocycles. The molecule has 3 nitrogen and oxygen atoms in total. The maximum absolute atomic E-state index is 9.23. The molecule has 1 aliphatic rings. The SMILES string of the molecule is CC1CCCC(CN)N1c1cc(Cl)ccc1C#N. The number of nitrogens with zero attached hydrogens (tertiary/aromatic N) is 2. The normalized spacial score (nSPS) is 23.8. The van der Waals surface area contributed by atoms with Gasteiger partial charge in [0.1, 0.15) is 6.07 Å². The largest absolute Gasteiger partial charge is 0.363 e. The van der Waals surface area contributed by atoms with Crippen LogP contribution in [0.25, 0.3) is 0 Å². The van der Waals surface area contributed by atoms with Crippen molar-refractivity contribution in [2.45, 2.75) is 38.3 Å². The molecule has 2 N–H and O–H groups in total. The highest BCUT2D eigenvalue weighted by Crippen LogP contribution is 2.32. The molecular formula is C14H18ClN3. The van der Waals surface area contributed by atoms with Gasteiger partial charge in [0.25, 0.3) is 0 Å². The van der Waals surface area contributed by atoms with Gasteiger partial charge in [-0.2, -0.15) is 5.26 Å². The van der Waals surface area contributed by atoms with Crippen LogP contribution in [-0.2, 0) is 0 Å². The number of piperidine rings is 1. The summed E-state index contributed by atoms with van der Waals surface area (Å²) in [6, 6.07) is 8.37. The Kier molecular flexibility index (Phi) is 4.11. The quantitative estimate of drug-likeness (QED) is 0.893. The third-order valence-corrected chi connectivity index (χ3v) is 3.89. The monoisotopic (exact) mass is 263 g/mol. The second kappa shape index (κ2) is 5.60. The van der Waals surface area contributed by atoms with Gasteiger partial charge in [-0.25, -0.2) is 0 Å². The molecule has 1 aliphatic heterocycles. The minimum absolute atomic E-state index is 0.305. The molecule has 0 bridgehead atoms. The number of halogens is 1. The number of anilines is 1. The lowest BCUT2D eigenvalue weighted by atomic mass is 9.94. The van der Waals surface area contributed by atoms with Crippen LogP contribution in [0, 0.1) is 11.3 Å². The van der Waals surface area contributed by atoms with Crippen LogP contribution in [0.3, 0.4) is 0 Å². The molecule has 0 saturated carbocycles. The van der Waals surface area contributed by atoms with E-state index in [2.05, 4.69) is 17.9 Å². The number of hydrogen-bond donors (Lipinski definition) is 1. The zero-order chi connectivity index (χ0) is 13.1. The number of nitriles is 1. The van der Waals surface area contributed by atoms with E-state index in [0.717, 1.165) is 18.5 Å². The topological polar surface area (TPSA) is 53.0 Å². The Bertz CT molecular complexity index is 467. The average molecular weight is 264 g/mol. The number of rotatable bonds is 2. The molecule has 0 aromatic heterocycles. The highest BCUT2D eigenvalue weighted by atomic mass is 35.5. The van der Waals surface area contributed by atoms with E-state index in [1.807, 2.05) is 6.07 Å². The van der Waals surface area contributed by atoms with Crippen LogP contribution in [0.4, 0.5) is 5.69 Å². The van der Waals surface area contributed by atoms with Gasteiger partial charge in [0.05, 0.1) is 11.3 Å². The fourth-order valence-electron chi connectivity index (χ4n) is 2.77. The van der Waals surface area contributed by atoms with Gasteiger partial charge < -0.3 is 10.6 Å². The number of hydrogen-bond acceptors (Lipinski definition) is 3. The van der Waals surface area contributed by atoms with Crippen LogP contribution in [0.15, 0.2) is 18.2 Å². The van der Waals surface area contributed by atoms with Gasteiger partial charge >= 0.3 is 0 Å². The van der Waals surface area contributed by atoms with Crippen LogP contribution in [-0.4, -0.2) is 18.6 Å². The van der Waals surface area contributed by atoms with Crippen molar-refractivity contribution in [3.05, 3.63) is 28.8 Å². The summed E-state index contributed by atoms with van der Waals surface area (Å²) in [5.74, 6) is 0. The first-order valence-corrected chi connectivity index (χ1v) is 6.73. The first-order valence-electron chi connectivity index (χ1n) is 6.35. The van der Waals surface area contributed by atoms with E-state index in [1.165, 1.54) is 6.42 Å². The predicted octanol–water partition coefficient (Wildman–Crippen LogP) is 2.92. The van der Waals surface area contributed by atoms with E-state index >= 15 is 0 Å². The van der Waals surface area contributed by atoms with E-state index in [4.69, 9.17) is 17.3 Å². The van der Waals surface area contributed by atoms with Crippen molar-refractivity contribution in [3.8, 4) is 6.07 Å². The fourth-order valence-corrected chi connectivity index (χ4v) is 2.93. The average Bonchev–Trinajstić information content (AvgIpc) is 2.38. The standard InChI is InChI=1S/C14H18ClN3/c1-10-3-2-4-13(9-17)18(10)14-7-12(15)6-5-11(14)8-16/h5-7,10,13H,2-4,9,17H2,1H3. The highest BCUT2D eigenvalue weighted by Gasteiger charge is 2.28. The number of nitrogens with two attached hydrogens (primary N) is 1. The van der Waals surface area contributed by atoms with Crippen LogP contribution < -0.4 is 10.6 Å². The molecule has 0 spiro atoms. The molecule has 2 unspecified atom stereocenters. The Morgan fingerprint density at radius 3 is 2.94 bits per heavy atom. The van der Waals surface area contributed by atoms with Crippen molar-refractivity contribution in [2.75, 3.05) is 11.4 Å². The van der Waals surface area contributed by atoms with Crippen LogP contribution in [0.2, 0.25) is 5.02 Å². The van der Waals surface area contributed by atoms with E-state index in [-0.39, 0.29) is 0 Å². The Labute approximate surface area is 113 Å². The maximum Gasteiger partial charge on any atom is 0.101 e. The Morgan fingerprint density at radius 1 is 1.50 bits per heavy atom. The third-order valence-electron chi connectivity index (χ3n) is 3.66. The molecule has 0 amide bonds.